The van der Waals surface area contributed by atoms with Gasteiger partial charge in [-0.1, -0.05) is 18.2 Å². The first-order chi connectivity index (χ1) is 9.74. The van der Waals surface area contributed by atoms with Crippen molar-refractivity contribution in [1.82, 2.24) is 0 Å². The first-order valence-electron chi connectivity index (χ1n) is 6.94. The molecule has 3 rings (SSSR count). The highest BCUT2D eigenvalue weighted by molar-refractivity contribution is 5.75. The summed E-state index contributed by atoms with van der Waals surface area (Å²) >= 11 is 0. The second-order valence-electron chi connectivity index (χ2n) is 5.29. The quantitative estimate of drug-likeness (QED) is 0.663. The molecule has 1 aromatic heterocycles. The van der Waals surface area contributed by atoms with E-state index in [0.29, 0.717) is 12.5 Å². The molecule has 0 spiro atoms. The predicted octanol–water partition coefficient (Wildman–Crippen LogP) is 2.32. The molecule has 0 bridgehead atoms. The monoisotopic (exact) mass is 269 g/mol. The van der Waals surface area contributed by atoms with Crippen molar-refractivity contribution in [1.29, 1.82) is 0 Å². The molecule has 0 saturated carbocycles. The van der Waals surface area contributed by atoms with Crippen LogP contribution in [0.3, 0.4) is 0 Å². The fraction of sp³-hybridized carbons (Fsp3) is 0.312. The van der Waals surface area contributed by atoms with Crippen molar-refractivity contribution < 1.29 is 4.42 Å². The van der Waals surface area contributed by atoms with Crippen molar-refractivity contribution >= 4 is 5.96 Å². The molecule has 2 aromatic rings. The van der Waals surface area contributed by atoms with E-state index in [1.54, 1.807) is 6.26 Å². The van der Waals surface area contributed by atoms with Crippen molar-refractivity contribution in [3.05, 3.63) is 47.7 Å². The molecule has 0 radical (unpaired) electrons. The number of furan rings is 1. The molecular weight excluding hydrogens is 250 g/mol. The maximum atomic E-state index is 5.54. The summed E-state index contributed by atoms with van der Waals surface area (Å²) in [5.74, 6) is 1.65. The third-order valence-corrected chi connectivity index (χ3v) is 3.90. The van der Waals surface area contributed by atoms with E-state index < -0.39 is 0 Å². The summed E-state index contributed by atoms with van der Waals surface area (Å²) in [4.78, 5) is 4.15. The maximum Gasteiger partial charge on any atom is 0.185 e. The molecule has 4 N–H and O–H groups in total. The van der Waals surface area contributed by atoms with Gasteiger partial charge in [0.05, 0.1) is 6.26 Å². The van der Waals surface area contributed by atoms with Crippen LogP contribution in [-0.2, 0) is 12.8 Å². The number of hydrogen-bond donors (Lipinski definition) is 2. The van der Waals surface area contributed by atoms with Gasteiger partial charge in [0.2, 0.25) is 0 Å². The summed E-state index contributed by atoms with van der Waals surface area (Å²) in [5, 5.41) is 0. The molecule has 104 valence electrons. The van der Waals surface area contributed by atoms with Gasteiger partial charge in [-0.2, -0.15) is 0 Å². The highest BCUT2D eigenvalue weighted by atomic mass is 16.3. The van der Waals surface area contributed by atoms with E-state index in [1.807, 2.05) is 12.1 Å². The van der Waals surface area contributed by atoms with Crippen molar-refractivity contribution in [2.45, 2.75) is 19.3 Å². The summed E-state index contributed by atoms with van der Waals surface area (Å²) in [5.41, 5.74) is 14.8. The Morgan fingerprint density at radius 3 is 2.90 bits per heavy atom. The average Bonchev–Trinajstić information content (AvgIpc) is 2.98. The fourth-order valence-electron chi connectivity index (χ4n) is 2.94. The lowest BCUT2D eigenvalue weighted by atomic mass is 9.81. The highest BCUT2D eigenvalue weighted by Gasteiger charge is 2.21. The van der Waals surface area contributed by atoms with Crippen LogP contribution in [0.25, 0.3) is 11.3 Å². The zero-order valence-corrected chi connectivity index (χ0v) is 11.4. The molecule has 0 saturated heterocycles. The number of benzene rings is 1. The Hall–Kier alpha value is -2.23. The van der Waals surface area contributed by atoms with Crippen LogP contribution >= 0.6 is 0 Å². The van der Waals surface area contributed by atoms with E-state index >= 15 is 0 Å². The summed E-state index contributed by atoms with van der Waals surface area (Å²) in [6, 6.07) is 10.4. The standard InChI is InChI=1S/C16H19N3O/c17-16(18)19-10-11-6-7-13-12(9-11)3-1-4-14(13)15-5-2-8-20-15/h1-5,8,11H,6-7,9-10H2,(H4,17,18,19). The predicted molar refractivity (Wildman–Crippen MR) is 80.3 cm³/mol. The lowest BCUT2D eigenvalue weighted by molar-refractivity contribution is 0.469. The van der Waals surface area contributed by atoms with Crippen molar-refractivity contribution in [3.8, 4) is 11.3 Å². The molecule has 0 aliphatic heterocycles. The van der Waals surface area contributed by atoms with Gasteiger partial charge >= 0.3 is 0 Å². The number of nitrogens with zero attached hydrogens (tertiary/aromatic N) is 1. The number of fused-ring (bicyclic) bond motifs is 1. The largest absolute Gasteiger partial charge is 0.464 e. The molecule has 1 aliphatic rings. The third-order valence-electron chi connectivity index (χ3n) is 3.90. The zero-order chi connectivity index (χ0) is 13.9. The molecule has 1 unspecified atom stereocenters. The van der Waals surface area contributed by atoms with E-state index in [0.717, 1.165) is 25.0 Å². The Morgan fingerprint density at radius 2 is 2.15 bits per heavy atom. The average molecular weight is 269 g/mol. The third kappa shape index (κ3) is 2.54. The molecule has 0 amide bonds. The minimum absolute atomic E-state index is 0.181. The number of aliphatic imine (C=N–C) groups is 1. The van der Waals surface area contributed by atoms with E-state index in [4.69, 9.17) is 15.9 Å². The van der Waals surface area contributed by atoms with Crippen molar-refractivity contribution in [2.75, 3.05) is 6.54 Å². The topological polar surface area (TPSA) is 77.5 Å². The van der Waals surface area contributed by atoms with Gasteiger partial charge in [0.1, 0.15) is 5.76 Å². The van der Waals surface area contributed by atoms with Crippen LogP contribution in [0.5, 0.6) is 0 Å². The molecule has 0 fully saturated rings. The SMILES string of the molecule is NC(N)=NCC1CCc2c(cccc2-c2ccco2)C1. The van der Waals surface area contributed by atoms with Crippen molar-refractivity contribution in [2.24, 2.45) is 22.4 Å². The molecule has 20 heavy (non-hydrogen) atoms. The lowest BCUT2D eigenvalue weighted by Crippen LogP contribution is -2.25. The molecule has 1 heterocycles. The molecular formula is C16H19N3O. The van der Waals surface area contributed by atoms with Crippen LogP contribution in [0.4, 0.5) is 0 Å². The van der Waals surface area contributed by atoms with Crippen LogP contribution in [0.1, 0.15) is 17.5 Å². The summed E-state index contributed by atoms with van der Waals surface area (Å²) in [7, 11) is 0. The highest BCUT2D eigenvalue weighted by Crippen LogP contribution is 2.33. The lowest BCUT2D eigenvalue weighted by Gasteiger charge is -2.25. The van der Waals surface area contributed by atoms with Gasteiger partial charge in [-0.15, -0.1) is 0 Å². The fourth-order valence-corrected chi connectivity index (χ4v) is 2.94. The summed E-state index contributed by atoms with van der Waals surface area (Å²) < 4.78 is 5.54. The molecule has 1 aliphatic carbocycles. The summed E-state index contributed by atoms with van der Waals surface area (Å²) in [6.07, 6.45) is 4.91. The number of rotatable bonds is 3. The molecule has 1 atom stereocenters. The van der Waals surface area contributed by atoms with Gasteiger partial charge in [-0.25, -0.2) is 0 Å². The van der Waals surface area contributed by atoms with Crippen LogP contribution in [0.2, 0.25) is 0 Å². The first-order valence-corrected chi connectivity index (χ1v) is 6.94. The van der Waals surface area contributed by atoms with E-state index in [1.165, 1.54) is 16.7 Å². The van der Waals surface area contributed by atoms with Gasteiger partial charge in [0, 0.05) is 12.1 Å². The number of nitrogens with two attached hydrogens (primary N) is 2. The van der Waals surface area contributed by atoms with Crippen LogP contribution < -0.4 is 11.5 Å². The minimum atomic E-state index is 0.181. The second kappa shape index (κ2) is 5.41. The number of hydrogen-bond acceptors (Lipinski definition) is 2. The minimum Gasteiger partial charge on any atom is -0.464 e. The Balaban J connectivity index is 1.85. The van der Waals surface area contributed by atoms with Gasteiger partial charge < -0.3 is 15.9 Å². The van der Waals surface area contributed by atoms with Gasteiger partial charge in [0.15, 0.2) is 5.96 Å². The molecule has 4 nitrogen and oxygen atoms in total. The second-order valence-corrected chi connectivity index (χ2v) is 5.29. The van der Waals surface area contributed by atoms with Crippen molar-refractivity contribution in [3.63, 3.8) is 0 Å². The van der Waals surface area contributed by atoms with Crippen LogP contribution in [-0.4, -0.2) is 12.5 Å². The van der Waals surface area contributed by atoms with E-state index in [9.17, 15) is 0 Å². The smallest absolute Gasteiger partial charge is 0.185 e. The van der Waals surface area contributed by atoms with E-state index in [2.05, 4.69) is 23.2 Å². The normalized spacial score (nSPS) is 17.5. The van der Waals surface area contributed by atoms with Gasteiger partial charge in [0.25, 0.3) is 0 Å². The first kappa shape index (κ1) is 12.8. The Bertz CT molecular complexity index is 613. The Labute approximate surface area is 118 Å². The Morgan fingerprint density at radius 1 is 1.25 bits per heavy atom. The van der Waals surface area contributed by atoms with E-state index in [-0.39, 0.29) is 5.96 Å². The van der Waals surface area contributed by atoms with Crippen LogP contribution in [0, 0.1) is 5.92 Å². The van der Waals surface area contributed by atoms with Crippen LogP contribution in [0.15, 0.2) is 46.0 Å². The zero-order valence-electron chi connectivity index (χ0n) is 11.4. The number of guanidine groups is 1. The van der Waals surface area contributed by atoms with Gasteiger partial charge in [-0.05, 0) is 48.4 Å². The van der Waals surface area contributed by atoms with Gasteiger partial charge in [-0.3, -0.25) is 4.99 Å². The molecule has 4 heteroatoms. The Kier molecular flexibility index (Phi) is 3.46. The summed E-state index contributed by atoms with van der Waals surface area (Å²) in [6.45, 7) is 0.715. The molecule has 1 aromatic carbocycles. The maximum absolute atomic E-state index is 5.54.